The molecule has 3 aromatic rings. The van der Waals surface area contributed by atoms with Gasteiger partial charge in [0, 0.05) is 5.92 Å². The first-order chi connectivity index (χ1) is 14.7. The fraction of sp³-hybridized carbons (Fsp3) is 0.423. The summed E-state index contributed by atoms with van der Waals surface area (Å²) in [5, 5.41) is 0.127. The molecule has 0 fully saturated rings. The number of aromatic nitrogens is 1. The van der Waals surface area contributed by atoms with Crippen molar-refractivity contribution in [3.8, 4) is 5.75 Å². The normalized spacial score (nSPS) is 17.4. The molecule has 0 radical (unpaired) electrons. The Hall–Kier alpha value is -2.37. The second-order valence-corrected chi connectivity index (χ2v) is 14.8. The van der Waals surface area contributed by atoms with Crippen molar-refractivity contribution in [2.45, 2.75) is 64.5 Å². The van der Waals surface area contributed by atoms with E-state index in [0.717, 1.165) is 18.6 Å². The van der Waals surface area contributed by atoms with Crippen LogP contribution in [0, 0.1) is 5.92 Å². The molecule has 1 heterocycles. The van der Waals surface area contributed by atoms with Crippen molar-refractivity contribution in [2.24, 2.45) is 5.92 Å². The lowest BCUT2D eigenvalue weighted by Crippen LogP contribution is -2.43. The van der Waals surface area contributed by atoms with Gasteiger partial charge in [0.15, 0.2) is 8.32 Å². The number of oxazole rings is 1. The third kappa shape index (κ3) is 4.94. The Kier molecular flexibility index (Phi) is 6.08. The lowest BCUT2D eigenvalue weighted by Gasteiger charge is -2.40. The van der Waals surface area contributed by atoms with Gasteiger partial charge in [0.1, 0.15) is 24.7 Å². The Bertz CT molecular complexity index is 993. The molecule has 5 heteroatoms. The maximum atomic E-state index is 6.85. The number of nitrogens with zero attached hydrogens (tertiary/aromatic N) is 1. The minimum atomic E-state index is -1.98. The van der Waals surface area contributed by atoms with Crippen LogP contribution in [0.5, 0.6) is 5.75 Å². The molecule has 31 heavy (non-hydrogen) atoms. The van der Waals surface area contributed by atoms with Crippen LogP contribution in [0.25, 0.3) is 0 Å². The Balaban J connectivity index is 1.50. The molecule has 0 aliphatic heterocycles. The van der Waals surface area contributed by atoms with Crippen molar-refractivity contribution in [2.75, 3.05) is 0 Å². The molecule has 1 aliphatic rings. The maximum absolute atomic E-state index is 6.85. The average molecular weight is 436 g/mol. The van der Waals surface area contributed by atoms with Crippen LogP contribution in [0.4, 0.5) is 0 Å². The van der Waals surface area contributed by atoms with Crippen molar-refractivity contribution < 1.29 is 13.6 Å². The van der Waals surface area contributed by atoms with Gasteiger partial charge < -0.3 is 13.6 Å². The maximum Gasteiger partial charge on any atom is 0.222 e. The SMILES string of the molecule is CC(C)(C)[Si](C)(C)OC(c1ncco1)C1Cc2ccc(OCc3ccccc3)cc2C1. The monoisotopic (exact) mass is 435 g/mol. The zero-order valence-corrected chi connectivity index (χ0v) is 20.2. The summed E-state index contributed by atoms with van der Waals surface area (Å²) in [4.78, 5) is 4.48. The van der Waals surface area contributed by atoms with Gasteiger partial charge in [-0.2, -0.15) is 0 Å². The number of fused-ring (bicyclic) bond motifs is 1. The second-order valence-electron chi connectivity index (χ2n) is 10.0. The standard InChI is InChI=1S/C26H33NO3Si/c1-26(2,3)31(4,5)30-24(25-27-13-14-28-25)22-15-20-11-12-23(17-21(20)16-22)29-18-19-9-7-6-8-10-19/h6-14,17,22,24H,15-16,18H2,1-5H3. The van der Waals surface area contributed by atoms with Crippen molar-refractivity contribution in [3.05, 3.63) is 83.6 Å². The molecule has 1 aromatic heterocycles. The highest BCUT2D eigenvalue weighted by Crippen LogP contribution is 2.44. The first-order valence-electron chi connectivity index (χ1n) is 11.1. The molecule has 0 spiro atoms. The first kappa shape index (κ1) is 21.8. The van der Waals surface area contributed by atoms with E-state index < -0.39 is 8.32 Å². The third-order valence-electron chi connectivity index (χ3n) is 6.74. The number of hydrogen-bond donors (Lipinski definition) is 0. The smallest absolute Gasteiger partial charge is 0.222 e. The van der Waals surface area contributed by atoms with Gasteiger partial charge in [0.05, 0.1) is 6.20 Å². The number of ether oxygens (including phenoxy) is 1. The predicted octanol–water partition coefficient (Wildman–Crippen LogP) is 6.73. The summed E-state index contributed by atoms with van der Waals surface area (Å²) in [6, 6.07) is 16.7. The minimum absolute atomic E-state index is 0.127. The third-order valence-corrected chi connectivity index (χ3v) is 11.2. The Morgan fingerprint density at radius 2 is 1.81 bits per heavy atom. The van der Waals surface area contributed by atoms with E-state index in [1.165, 1.54) is 16.7 Å². The molecule has 2 aromatic carbocycles. The Labute approximate surface area is 186 Å². The zero-order chi connectivity index (χ0) is 22.1. The van der Waals surface area contributed by atoms with Gasteiger partial charge in [0.25, 0.3) is 0 Å². The molecule has 2 unspecified atom stereocenters. The Morgan fingerprint density at radius 3 is 2.48 bits per heavy atom. The van der Waals surface area contributed by atoms with E-state index in [2.05, 4.69) is 69.2 Å². The van der Waals surface area contributed by atoms with Crippen molar-refractivity contribution in [1.82, 2.24) is 4.98 Å². The van der Waals surface area contributed by atoms with E-state index in [0.29, 0.717) is 18.4 Å². The van der Waals surface area contributed by atoms with Gasteiger partial charge in [-0.25, -0.2) is 4.98 Å². The fourth-order valence-electron chi connectivity index (χ4n) is 3.89. The topological polar surface area (TPSA) is 44.5 Å². The highest BCUT2D eigenvalue weighted by Gasteiger charge is 2.43. The number of rotatable bonds is 7. The van der Waals surface area contributed by atoms with E-state index in [-0.39, 0.29) is 11.1 Å². The predicted molar refractivity (Wildman–Crippen MR) is 126 cm³/mol. The summed E-state index contributed by atoms with van der Waals surface area (Å²) in [6.45, 7) is 12.0. The lowest BCUT2D eigenvalue weighted by molar-refractivity contribution is 0.0944. The van der Waals surface area contributed by atoms with E-state index in [9.17, 15) is 0 Å². The molecule has 0 saturated heterocycles. The molecule has 4 nitrogen and oxygen atoms in total. The van der Waals surface area contributed by atoms with Gasteiger partial charge >= 0.3 is 0 Å². The quantitative estimate of drug-likeness (QED) is 0.386. The molecular weight excluding hydrogens is 402 g/mol. The molecule has 0 N–H and O–H groups in total. The summed E-state index contributed by atoms with van der Waals surface area (Å²) < 4.78 is 18.6. The average Bonchev–Trinajstić information content (AvgIpc) is 3.40. The highest BCUT2D eigenvalue weighted by atomic mass is 28.4. The van der Waals surface area contributed by atoms with Crippen LogP contribution in [-0.2, 0) is 23.9 Å². The van der Waals surface area contributed by atoms with Crippen LogP contribution >= 0.6 is 0 Å². The molecule has 2 atom stereocenters. The molecule has 164 valence electrons. The van der Waals surface area contributed by atoms with E-state index in [1.54, 1.807) is 12.5 Å². The van der Waals surface area contributed by atoms with E-state index in [4.69, 9.17) is 13.6 Å². The molecular formula is C26H33NO3Si. The summed E-state index contributed by atoms with van der Waals surface area (Å²) in [6.07, 6.45) is 5.15. The molecule has 1 aliphatic carbocycles. The van der Waals surface area contributed by atoms with Crippen LogP contribution in [0.1, 0.15) is 49.5 Å². The van der Waals surface area contributed by atoms with Crippen LogP contribution in [0.15, 0.2) is 65.4 Å². The summed E-state index contributed by atoms with van der Waals surface area (Å²) in [7, 11) is -1.98. The Morgan fingerprint density at radius 1 is 1.06 bits per heavy atom. The van der Waals surface area contributed by atoms with Crippen molar-refractivity contribution >= 4 is 8.32 Å². The van der Waals surface area contributed by atoms with Gasteiger partial charge in [-0.3, -0.25) is 0 Å². The number of benzene rings is 2. The molecule has 0 bridgehead atoms. The van der Waals surface area contributed by atoms with Gasteiger partial charge in [-0.15, -0.1) is 0 Å². The molecule has 4 rings (SSSR count). The van der Waals surface area contributed by atoms with Crippen molar-refractivity contribution in [1.29, 1.82) is 0 Å². The fourth-order valence-corrected chi connectivity index (χ4v) is 5.17. The van der Waals surface area contributed by atoms with Crippen molar-refractivity contribution in [3.63, 3.8) is 0 Å². The first-order valence-corrected chi connectivity index (χ1v) is 14.0. The van der Waals surface area contributed by atoms with Crippen LogP contribution in [0.3, 0.4) is 0 Å². The zero-order valence-electron chi connectivity index (χ0n) is 19.2. The molecule has 0 amide bonds. The second kappa shape index (κ2) is 8.64. The summed E-state index contributed by atoms with van der Waals surface area (Å²) in [5.41, 5.74) is 3.88. The van der Waals surface area contributed by atoms with Crippen LogP contribution in [-0.4, -0.2) is 13.3 Å². The highest BCUT2D eigenvalue weighted by molar-refractivity contribution is 6.74. The minimum Gasteiger partial charge on any atom is -0.489 e. The number of hydrogen-bond acceptors (Lipinski definition) is 4. The van der Waals surface area contributed by atoms with E-state index in [1.807, 2.05) is 18.2 Å². The summed E-state index contributed by atoms with van der Waals surface area (Å²) in [5.74, 6) is 1.93. The molecule has 0 saturated carbocycles. The largest absolute Gasteiger partial charge is 0.489 e. The van der Waals surface area contributed by atoms with Gasteiger partial charge in [-0.1, -0.05) is 57.2 Å². The van der Waals surface area contributed by atoms with Gasteiger partial charge in [-0.05, 0) is 59.8 Å². The van der Waals surface area contributed by atoms with Crippen LogP contribution in [0.2, 0.25) is 18.1 Å². The van der Waals surface area contributed by atoms with Gasteiger partial charge in [0.2, 0.25) is 5.89 Å². The summed E-state index contributed by atoms with van der Waals surface area (Å²) >= 11 is 0. The van der Waals surface area contributed by atoms with Crippen LogP contribution < -0.4 is 4.74 Å². The van der Waals surface area contributed by atoms with E-state index >= 15 is 0 Å². The lowest BCUT2D eigenvalue weighted by atomic mass is 9.99.